The third-order valence-corrected chi connectivity index (χ3v) is 6.07. The van der Waals surface area contributed by atoms with E-state index in [9.17, 15) is 4.21 Å². The maximum atomic E-state index is 11.5. The zero-order valence-electron chi connectivity index (χ0n) is 13.3. The highest BCUT2D eigenvalue weighted by atomic mass is 32.2. The number of rotatable bonds is 6. The fraction of sp³-hybridized carbons (Fsp3) is 1.00. The summed E-state index contributed by atoms with van der Waals surface area (Å²) in [4.78, 5) is 2.57. The highest BCUT2D eigenvalue weighted by molar-refractivity contribution is 7.85. The SMILES string of the molecule is CC(C)CNCC1(CN2CCS(=O)CC2)CCCCC1. The summed E-state index contributed by atoms with van der Waals surface area (Å²) in [7, 11) is -0.550. The molecule has 1 saturated carbocycles. The molecule has 1 N–H and O–H groups in total. The van der Waals surface area contributed by atoms with Crippen molar-refractivity contribution in [1.29, 1.82) is 0 Å². The molecule has 0 amide bonds. The third kappa shape index (κ3) is 5.12. The molecule has 0 aromatic heterocycles. The Bertz CT molecular complexity index is 304. The summed E-state index contributed by atoms with van der Waals surface area (Å²) in [5, 5.41) is 3.71. The van der Waals surface area contributed by atoms with Crippen molar-refractivity contribution in [3.63, 3.8) is 0 Å². The lowest BCUT2D eigenvalue weighted by atomic mass is 9.73. The van der Waals surface area contributed by atoms with Gasteiger partial charge in [0.15, 0.2) is 0 Å². The molecular weight excluding hydrogens is 268 g/mol. The zero-order chi connectivity index (χ0) is 14.4. The van der Waals surface area contributed by atoms with Gasteiger partial charge in [-0.15, -0.1) is 0 Å². The lowest BCUT2D eigenvalue weighted by Crippen LogP contribution is -2.49. The van der Waals surface area contributed by atoms with Crippen LogP contribution in [-0.4, -0.2) is 53.3 Å². The molecule has 2 aliphatic rings. The predicted molar refractivity (Wildman–Crippen MR) is 87.5 cm³/mol. The largest absolute Gasteiger partial charge is 0.316 e. The molecule has 1 saturated heterocycles. The Labute approximate surface area is 127 Å². The summed E-state index contributed by atoms with van der Waals surface area (Å²) in [6, 6.07) is 0. The Morgan fingerprint density at radius 3 is 2.40 bits per heavy atom. The van der Waals surface area contributed by atoms with Crippen LogP contribution in [0.25, 0.3) is 0 Å². The molecule has 1 aliphatic heterocycles. The van der Waals surface area contributed by atoms with Gasteiger partial charge in [-0.3, -0.25) is 4.21 Å². The van der Waals surface area contributed by atoms with E-state index in [-0.39, 0.29) is 0 Å². The molecule has 0 unspecified atom stereocenters. The smallest absolute Gasteiger partial charge is 0.0363 e. The second-order valence-electron chi connectivity index (χ2n) is 7.21. The predicted octanol–water partition coefficient (Wildman–Crippen LogP) is 2.25. The molecule has 0 atom stereocenters. The van der Waals surface area contributed by atoms with Crippen molar-refractivity contribution in [2.45, 2.75) is 46.0 Å². The van der Waals surface area contributed by atoms with E-state index in [0.29, 0.717) is 5.41 Å². The number of hydrogen-bond acceptors (Lipinski definition) is 3. The van der Waals surface area contributed by atoms with Crippen molar-refractivity contribution >= 4 is 10.8 Å². The van der Waals surface area contributed by atoms with Crippen LogP contribution in [0.5, 0.6) is 0 Å². The molecule has 1 heterocycles. The summed E-state index contributed by atoms with van der Waals surface area (Å²) in [5.41, 5.74) is 0.478. The average Bonchev–Trinajstić information content (AvgIpc) is 2.42. The first-order chi connectivity index (χ1) is 9.60. The Morgan fingerprint density at radius 1 is 1.15 bits per heavy atom. The first-order valence-corrected chi connectivity index (χ1v) is 9.87. The summed E-state index contributed by atoms with van der Waals surface area (Å²) < 4.78 is 11.5. The van der Waals surface area contributed by atoms with E-state index in [1.165, 1.54) is 45.2 Å². The van der Waals surface area contributed by atoms with Crippen LogP contribution in [0.4, 0.5) is 0 Å². The fourth-order valence-electron chi connectivity index (χ4n) is 3.63. The van der Waals surface area contributed by atoms with E-state index in [1.54, 1.807) is 0 Å². The van der Waals surface area contributed by atoms with Crippen LogP contribution in [0.3, 0.4) is 0 Å². The molecule has 0 spiro atoms. The van der Waals surface area contributed by atoms with Crippen LogP contribution in [0.1, 0.15) is 46.0 Å². The van der Waals surface area contributed by atoms with Crippen LogP contribution in [0, 0.1) is 11.3 Å². The van der Waals surface area contributed by atoms with E-state index in [0.717, 1.165) is 37.1 Å². The van der Waals surface area contributed by atoms with Gasteiger partial charge in [-0.25, -0.2) is 0 Å². The quantitative estimate of drug-likeness (QED) is 0.816. The molecular formula is C16H32N2OS. The molecule has 20 heavy (non-hydrogen) atoms. The second-order valence-corrected chi connectivity index (χ2v) is 8.91. The van der Waals surface area contributed by atoms with Gasteiger partial charge in [-0.05, 0) is 30.7 Å². The summed E-state index contributed by atoms with van der Waals surface area (Å²) in [6.07, 6.45) is 6.94. The van der Waals surface area contributed by atoms with Crippen molar-refractivity contribution in [3.8, 4) is 0 Å². The molecule has 0 aromatic rings. The third-order valence-electron chi connectivity index (χ3n) is 4.80. The first-order valence-electron chi connectivity index (χ1n) is 8.38. The Morgan fingerprint density at radius 2 is 1.80 bits per heavy atom. The Hall–Kier alpha value is 0.0700. The molecule has 0 radical (unpaired) electrons. The van der Waals surface area contributed by atoms with Gasteiger partial charge in [0.05, 0.1) is 0 Å². The van der Waals surface area contributed by atoms with Gasteiger partial charge in [0.25, 0.3) is 0 Å². The first kappa shape index (κ1) is 16.4. The normalized spacial score (nSPS) is 25.1. The minimum absolute atomic E-state index is 0.478. The van der Waals surface area contributed by atoms with Gasteiger partial charge >= 0.3 is 0 Å². The van der Waals surface area contributed by atoms with E-state index < -0.39 is 10.8 Å². The van der Waals surface area contributed by atoms with Crippen LogP contribution < -0.4 is 5.32 Å². The fourth-order valence-corrected chi connectivity index (χ4v) is 4.75. The van der Waals surface area contributed by atoms with Crippen molar-refractivity contribution in [2.24, 2.45) is 11.3 Å². The summed E-state index contributed by atoms with van der Waals surface area (Å²) in [6.45, 7) is 10.2. The van der Waals surface area contributed by atoms with Crippen molar-refractivity contribution in [1.82, 2.24) is 10.2 Å². The van der Waals surface area contributed by atoms with E-state index in [2.05, 4.69) is 24.1 Å². The molecule has 3 nitrogen and oxygen atoms in total. The molecule has 4 heteroatoms. The van der Waals surface area contributed by atoms with Gasteiger partial charge < -0.3 is 10.2 Å². The minimum Gasteiger partial charge on any atom is -0.316 e. The average molecular weight is 301 g/mol. The van der Waals surface area contributed by atoms with Crippen LogP contribution in [-0.2, 0) is 10.8 Å². The molecule has 118 valence electrons. The second kappa shape index (κ2) is 7.90. The van der Waals surface area contributed by atoms with Gasteiger partial charge in [0.1, 0.15) is 0 Å². The number of hydrogen-bond donors (Lipinski definition) is 1. The maximum absolute atomic E-state index is 11.5. The van der Waals surface area contributed by atoms with E-state index >= 15 is 0 Å². The highest BCUT2D eigenvalue weighted by Gasteiger charge is 2.34. The minimum atomic E-state index is -0.550. The van der Waals surface area contributed by atoms with Gasteiger partial charge in [-0.1, -0.05) is 33.1 Å². The van der Waals surface area contributed by atoms with Crippen LogP contribution in [0.15, 0.2) is 0 Å². The van der Waals surface area contributed by atoms with Gasteiger partial charge in [0.2, 0.25) is 0 Å². The lowest BCUT2D eigenvalue weighted by Gasteiger charge is -2.42. The summed E-state index contributed by atoms with van der Waals surface area (Å²) in [5.74, 6) is 2.50. The number of nitrogens with one attached hydrogen (secondary N) is 1. The topological polar surface area (TPSA) is 32.3 Å². The molecule has 1 aliphatic carbocycles. The van der Waals surface area contributed by atoms with Gasteiger partial charge in [0, 0.05) is 48.5 Å². The molecule has 2 fully saturated rings. The summed E-state index contributed by atoms with van der Waals surface area (Å²) >= 11 is 0. The van der Waals surface area contributed by atoms with Crippen LogP contribution in [0.2, 0.25) is 0 Å². The molecule has 0 aromatic carbocycles. The standard InChI is InChI=1S/C16H32N2OS/c1-15(2)12-17-13-16(6-4-3-5-7-16)14-18-8-10-20(19)11-9-18/h15,17H,3-14H2,1-2H3. The molecule has 2 rings (SSSR count). The lowest BCUT2D eigenvalue weighted by molar-refractivity contribution is 0.107. The van der Waals surface area contributed by atoms with Gasteiger partial charge in [-0.2, -0.15) is 0 Å². The maximum Gasteiger partial charge on any atom is 0.0363 e. The van der Waals surface area contributed by atoms with Crippen molar-refractivity contribution in [2.75, 3.05) is 44.2 Å². The van der Waals surface area contributed by atoms with E-state index in [1.807, 2.05) is 0 Å². The van der Waals surface area contributed by atoms with E-state index in [4.69, 9.17) is 0 Å². The Kier molecular flexibility index (Phi) is 6.50. The highest BCUT2D eigenvalue weighted by Crippen LogP contribution is 2.36. The number of nitrogens with zero attached hydrogens (tertiary/aromatic N) is 1. The Balaban J connectivity index is 1.86. The van der Waals surface area contributed by atoms with Crippen molar-refractivity contribution in [3.05, 3.63) is 0 Å². The van der Waals surface area contributed by atoms with Crippen LogP contribution >= 0.6 is 0 Å². The van der Waals surface area contributed by atoms with Crippen molar-refractivity contribution < 1.29 is 4.21 Å². The zero-order valence-corrected chi connectivity index (χ0v) is 14.1. The monoisotopic (exact) mass is 300 g/mol. The molecule has 0 bridgehead atoms.